The van der Waals surface area contributed by atoms with Crippen molar-refractivity contribution in [1.29, 1.82) is 0 Å². The van der Waals surface area contributed by atoms with Gasteiger partial charge in [-0.05, 0) is 30.7 Å². The second-order valence-electron chi connectivity index (χ2n) is 7.84. The Hall–Kier alpha value is -3.15. The van der Waals surface area contributed by atoms with E-state index >= 15 is 0 Å². The van der Waals surface area contributed by atoms with Crippen LogP contribution in [0.15, 0.2) is 53.5 Å². The predicted octanol–water partition coefficient (Wildman–Crippen LogP) is 5.50. The Labute approximate surface area is 183 Å². The summed E-state index contributed by atoms with van der Waals surface area (Å²) in [6.45, 7) is 2.73. The van der Waals surface area contributed by atoms with Crippen LogP contribution in [0.4, 0.5) is 5.82 Å². The highest BCUT2D eigenvalue weighted by Crippen LogP contribution is 2.27. The Morgan fingerprint density at radius 2 is 1.65 bits per heavy atom. The number of aryl methyl sites for hydroxylation is 1. The largest absolute Gasteiger partial charge is 0.506 e. The molecule has 6 heteroatoms. The van der Waals surface area contributed by atoms with Crippen LogP contribution in [0.1, 0.15) is 68.6 Å². The molecule has 164 valence electrons. The summed E-state index contributed by atoms with van der Waals surface area (Å²) >= 11 is 0. The van der Waals surface area contributed by atoms with Crippen molar-refractivity contribution in [1.82, 2.24) is 9.55 Å². The van der Waals surface area contributed by atoms with E-state index in [0.717, 1.165) is 19.3 Å². The lowest BCUT2D eigenvalue weighted by Crippen LogP contribution is -2.30. The fourth-order valence-electron chi connectivity index (χ4n) is 3.84. The number of carbonyl (C=O) groups is 1. The number of unbranched alkanes of at least 4 members (excludes halogenated alkanes) is 7. The molecular weight excluding hydrogens is 390 g/mol. The summed E-state index contributed by atoms with van der Waals surface area (Å²) in [4.78, 5) is 30.1. The molecule has 3 aromatic rings. The molecule has 0 saturated carbocycles. The van der Waals surface area contributed by atoms with Crippen LogP contribution in [0.3, 0.4) is 0 Å². The molecule has 1 amide bonds. The van der Waals surface area contributed by atoms with Crippen LogP contribution in [0, 0.1) is 0 Å². The Morgan fingerprint density at radius 1 is 0.968 bits per heavy atom. The number of para-hydroxylation sites is 1. The molecule has 0 bridgehead atoms. The summed E-state index contributed by atoms with van der Waals surface area (Å²) in [5.41, 5.74) is -0.0844. The first-order valence-corrected chi connectivity index (χ1v) is 11.2. The van der Waals surface area contributed by atoms with Crippen LogP contribution in [0.5, 0.6) is 5.75 Å². The summed E-state index contributed by atoms with van der Waals surface area (Å²) < 4.78 is 1.61. The lowest BCUT2D eigenvalue weighted by molar-refractivity contribution is 0.102. The molecular formula is C25H31N3O3. The minimum atomic E-state index is -0.656. The minimum Gasteiger partial charge on any atom is -0.506 e. The fraction of sp³-hybridized carbons (Fsp3) is 0.400. The van der Waals surface area contributed by atoms with Crippen LogP contribution in [-0.2, 0) is 6.54 Å². The summed E-state index contributed by atoms with van der Waals surface area (Å²) in [5.74, 6) is -0.619. The normalized spacial score (nSPS) is 11.0. The van der Waals surface area contributed by atoms with Crippen molar-refractivity contribution in [2.75, 3.05) is 5.32 Å². The number of hydrogen-bond donors (Lipinski definition) is 2. The van der Waals surface area contributed by atoms with Gasteiger partial charge in [0, 0.05) is 18.1 Å². The lowest BCUT2D eigenvalue weighted by Gasteiger charge is -2.15. The number of hydrogen-bond acceptors (Lipinski definition) is 4. The van der Waals surface area contributed by atoms with Crippen LogP contribution in [0.25, 0.3) is 10.9 Å². The summed E-state index contributed by atoms with van der Waals surface area (Å²) in [6, 6.07) is 12.3. The number of carbonyl (C=O) groups excluding carboxylic acids is 1. The molecule has 0 unspecified atom stereocenters. The first-order chi connectivity index (χ1) is 15.1. The molecule has 0 radical (unpaired) electrons. The van der Waals surface area contributed by atoms with Crippen molar-refractivity contribution in [2.45, 2.75) is 64.8 Å². The smallest absolute Gasteiger partial charge is 0.267 e. The van der Waals surface area contributed by atoms with E-state index in [-0.39, 0.29) is 11.3 Å². The van der Waals surface area contributed by atoms with Crippen molar-refractivity contribution in [3.8, 4) is 5.75 Å². The third-order valence-electron chi connectivity index (χ3n) is 5.51. The molecule has 6 nitrogen and oxygen atoms in total. The molecule has 0 spiro atoms. The zero-order chi connectivity index (χ0) is 22.1. The van der Waals surface area contributed by atoms with E-state index < -0.39 is 11.5 Å². The maximum absolute atomic E-state index is 13.2. The van der Waals surface area contributed by atoms with Gasteiger partial charge in [-0.3, -0.25) is 9.59 Å². The standard InChI is InChI=1S/C25H31N3O3/c1-2-3-4-5-6-7-8-13-18-28-20-15-10-9-14-19(20)23(29)22(25(28)31)24(30)27-21-16-11-12-17-26-21/h9-12,14-17,29H,2-8,13,18H2,1H3,(H,26,27,30). The second kappa shape index (κ2) is 11.3. The number of nitrogens with one attached hydrogen (secondary N) is 1. The third-order valence-corrected chi connectivity index (χ3v) is 5.51. The van der Waals surface area contributed by atoms with Crippen molar-refractivity contribution >= 4 is 22.6 Å². The van der Waals surface area contributed by atoms with Gasteiger partial charge in [0.1, 0.15) is 17.1 Å². The van der Waals surface area contributed by atoms with Gasteiger partial charge in [-0.25, -0.2) is 4.98 Å². The van der Waals surface area contributed by atoms with Crippen molar-refractivity contribution < 1.29 is 9.90 Å². The first-order valence-electron chi connectivity index (χ1n) is 11.2. The fourth-order valence-corrected chi connectivity index (χ4v) is 3.84. The SMILES string of the molecule is CCCCCCCCCCn1c(=O)c(C(=O)Nc2ccccn2)c(O)c2ccccc21. The van der Waals surface area contributed by atoms with Crippen molar-refractivity contribution in [3.05, 3.63) is 64.6 Å². The molecule has 3 rings (SSSR count). The molecule has 0 aliphatic heterocycles. The Morgan fingerprint density at radius 3 is 2.35 bits per heavy atom. The van der Waals surface area contributed by atoms with Gasteiger partial charge < -0.3 is 15.0 Å². The van der Waals surface area contributed by atoms with Gasteiger partial charge in [0.15, 0.2) is 0 Å². The van der Waals surface area contributed by atoms with Crippen LogP contribution >= 0.6 is 0 Å². The summed E-state index contributed by atoms with van der Waals surface area (Å²) in [7, 11) is 0. The molecule has 2 N–H and O–H groups in total. The van der Waals surface area contributed by atoms with Gasteiger partial charge in [0.25, 0.3) is 11.5 Å². The number of benzene rings is 1. The highest BCUT2D eigenvalue weighted by atomic mass is 16.3. The maximum Gasteiger partial charge on any atom is 0.267 e. The lowest BCUT2D eigenvalue weighted by atomic mass is 10.1. The molecule has 2 aromatic heterocycles. The van der Waals surface area contributed by atoms with E-state index in [1.54, 1.807) is 41.1 Å². The number of rotatable bonds is 11. The predicted molar refractivity (Wildman–Crippen MR) is 125 cm³/mol. The molecule has 0 saturated heterocycles. The molecule has 0 fully saturated rings. The molecule has 2 heterocycles. The van der Waals surface area contributed by atoms with Gasteiger partial charge in [-0.2, -0.15) is 0 Å². The maximum atomic E-state index is 13.2. The third kappa shape index (κ3) is 5.72. The van der Waals surface area contributed by atoms with Gasteiger partial charge in [0.05, 0.1) is 5.52 Å². The Bertz CT molecular complexity index is 1060. The van der Waals surface area contributed by atoms with E-state index in [9.17, 15) is 14.7 Å². The topological polar surface area (TPSA) is 84.2 Å². The molecule has 0 aliphatic carbocycles. The number of aromatic hydroxyl groups is 1. The number of anilines is 1. The number of fused-ring (bicyclic) bond motifs is 1. The number of nitrogens with zero attached hydrogens (tertiary/aromatic N) is 2. The van der Waals surface area contributed by atoms with Crippen molar-refractivity contribution in [3.63, 3.8) is 0 Å². The average Bonchev–Trinajstić information content (AvgIpc) is 2.78. The first kappa shape index (κ1) is 22.5. The number of aromatic nitrogens is 2. The van der Waals surface area contributed by atoms with E-state index in [0.29, 0.717) is 23.3 Å². The van der Waals surface area contributed by atoms with Gasteiger partial charge in [-0.1, -0.05) is 70.1 Å². The highest BCUT2D eigenvalue weighted by Gasteiger charge is 2.22. The molecule has 31 heavy (non-hydrogen) atoms. The summed E-state index contributed by atoms with van der Waals surface area (Å²) in [5, 5.41) is 13.8. The second-order valence-corrected chi connectivity index (χ2v) is 7.84. The van der Waals surface area contributed by atoms with Gasteiger partial charge in [0.2, 0.25) is 0 Å². The monoisotopic (exact) mass is 421 g/mol. The molecule has 0 aliphatic rings. The molecule has 1 aromatic carbocycles. The van der Waals surface area contributed by atoms with E-state index in [1.165, 1.54) is 32.1 Å². The van der Waals surface area contributed by atoms with Gasteiger partial charge in [-0.15, -0.1) is 0 Å². The number of amides is 1. The van der Waals surface area contributed by atoms with Crippen LogP contribution in [-0.4, -0.2) is 20.6 Å². The van der Waals surface area contributed by atoms with Crippen LogP contribution < -0.4 is 10.9 Å². The van der Waals surface area contributed by atoms with Crippen LogP contribution in [0.2, 0.25) is 0 Å². The molecule has 0 atom stereocenters. The van der Waals surface area contributed by atoms with E-state index in [4.69, 9.17) is 0 Å². The van der Waals surface area contributed by atoms with Gasteiger partial charge >= 0.3 is 0 Å². The Balaban J connectivity index is 1.79. The summed E-state index contributed by atoms with van der Waals surface area (Å²) in [6.07, 6.45) is 10.9. The van der Waals surface area contributed by atoms with Crippen molar-refractivity contribution in [2.24, 2.45) is 0 Å². The van der Waals surface area contributed by atoms with E-state index in [1.807, 2.05) is 12.1 Å². The zero-order valence-corrected chi connectivity index (χ0v) is 18.1. The quantitative estimate of drug-likeness (QED) is 0.401. The zero-order valence-electron chi connectivity index (χ0n) is 18.1. The van der Waals surface area contributed by atoms with E-state index in [2.05, 4.69) is 17.2 Å². The highest BCUT2D eigenvalue weighted by molar-refractivity contribution is 6.08. The average molecular weight is 422 g/mol. The minimum absolute atomic E-state index is 0.246. The Kier molecular flexibility index (Phi) is 8.21. The number of pyridine rings is 2.